The maximum atomic E-state index is 12.5. The molecule has 1 aromatic carbocycles. The molecule has 1 saturated heterocycles. The molecule has 0 aliphatic carbocycles. The van der Waals surface area contributed by atoms with Gasteiger partial charge in [0.05, 0.1) is 6.42 Å². The third-order valence-corrected chi connectivity index (χ3v) is 4.55. The second-order valence-corrected chi connectivity index (χ2v) is 6.32. The smallest absolute Gasteiger partial charge is 0.228 e. The summed E-state index contributed by atoms with van der Waals surface area (Å²) in [5.74, 6) is -0.370. The highest BCUT2D eigenvalue weighted by molar-refractivity contribution is 5.88. The molecule has 0 bridgehead atoms. The summed E-state index contributed by atoms with van der Waals surface area (Å²) in [6, 6.07) is 4.04. The second kappa shape index (κ2) is 6.02. The summed E-state index contributed by atoms with van der Waals surface area (Å²) in [4.78, 5) is 25.5. The molecule has 1 aromatic heterocycles. The highest BCUT2D eigenvalue weighted by Crippen LogP contribution is 2.25. The van der Waals surface area contributed by atoms with E-state index in [-0.39, 0.29) is 24.2 Å². The fourth-order valence-corrected chi connectivity index (χ4v) is 3.24. The Kier molecular flexibility index (Phi) is 4.07. The van der Waals surface area contributed by atoms with Crippen molar-refractivity contribution in [2.75, 3.05) is 13.1 Å². The van der Waals surface area contributed by atoms with E-state index in [0.717, 1.165) is 22.1 Å². The number of aryl methyl sites for hydroxylation is 2. The van der Waals surface area contributed by atoms with Crippen LogP contribution in [0.3, 0.4) is 0 Å². The van der Waals surface area contributed by atoms with E-state index in [0.29, 0.717) is 31.6 Å². The van der Waals surface area contributed by atoms with E-state index >= 15 is 0 Å². The lowest BCUT2D eigenvalue weighted by molar-refractivity contribution is -0.134. The van der Waals surface area contributed by atoms with Crippen LogP contribution in [-0.2, 0) is 16.0 Å². The molecule has 0 saturated carbocycles. The minimum Gasteiger partial charge on any atom is -0.369 e. The van der Waals surface area contributed by atoms with Gasteiger partial charge in [-0.25, -0.2) is 0 Å². The highest BCUT2D eigenvalue weighted by Gasteiger charge is 2.26. The number of benzene rings is 1. The molecule has 6 nitrogen and oxygen atoms in total. The first-order valence-corrected chi connectivity index (χ1v) is 7.88. The zero-order chi connectivity index (χ0) is 16.6. The van der Waals surface area contributed by atoms with E-state index in [4.69, 9.17) is 10.3 Å². The SMILES string of the molecule is Cc1cc(C)c2onc(CC(=O)N3CCC(C(N)=O)CC3)c2c1. The van der Waals surface area contributed by atoms with Gasteiger partial charge in [0.25, 0.3) is 0 Å². The average Bonchev–Trinajstić information content (AvgIpc) is 2.90. The van der Waals surface area contributed by atoms with E-state index in [1.807, 2.05) is 26.0 Å². The van der Waals surface area contributed by atoms with E-state index < -0.39 is 0 Å². The van der Waals surface area contributed by atoms with Crippen molar-refractivity contribution in [2.45, 2.75) is 33.1 Å². The highest BCUT2D eigenvalue weighted by atomic mass is 16.5. The Balaban J connectivity index is 1.73. The lowest BCUT2D eigenvalue weighted by Gasteiger charge is -2.30. The Hall–Kier alpha value is -2.37. The van der Waals surface area contributed by atoms with Gasteiger partial charge in [0.1, 0.15) is 5.69 Å². The number of nitrogens with two attached hydrogens (primary N) is 1. The normalized spacial score (nSPS) is 16.0. The molecule has 2 N–H and O–H groups in total. The van der Waals surface area contributed by atoms with Gasteiger partial charge in [-0.05, 0) is 43.9 Å². The van der Waals surface area contributed by atoms with Crippen LogP contribution in [0.5, 0.6) is 0 Å². The Morgan fingerprint density at radius 1 is 1.30 bits per heavy atom. The summed E-state index contributed by atoms with van der Waals surface area (Å²) in [6.07, 6.45) is 1.49. The summed E-state index contributed by atoms with van der Waals surface area (Å²) in [5.41, 5.74) is 8.88. The van der Waals surface area contributed by atoms with Crippen LogP contribution in [0.25, 0.3) is 11.0 Å². The first kappa shape index (κ1) is 15.5. The molecule has 1 fully saturated rings. The number of fused-ring (bicyclic) bond motifs is 1. The van der Waals surface area contributed by atoms with Crippen LogP contribution < -0.4 is 5.73 Å². The van der Waals surface area contributed by atoms with Gasteiger partial charge in [-0.2, -0.15) is 0 Å². The second-order valence-electron chi connectivity index (χ2n) is 6.32. The predicted molar refractivity (Wildman–Crippen MR) is 85.7 cm³/mol. The Morgan fingerprint density at radius 3 is 2.65 bits per heavy atom. The third kappa shape index (κ3) is 3.06. The van der Waals surface area contributed by atoms with Gasteiger partial charge < -0.3 is 15.2 Å². The molecular formula is C17H21N3O3. The van der Waals surface area contributed by atoms with Crippen LogP contribution in [0.2, 0.25) is 0 Å². The van der Waals surface area contributed by atoms with Crippen LogP contribution in [0.4, 0.5) is 0 Å². The molecule has 2 heterocycles. The molecule has 1 aliphatic rings. The lowest BCUT2D eigenvalue weighted by Crippen LogP contribution is -2.42. The number of nitrogens with zero attached hydrogens (tertiary/aromatic N) is 2. The van der Waals surface area contributed by atoms with Crippen molar-refractivity contribution >= 4 is 22.8 Å². The number of likely N-dealkylation sites (tertiary alicyclic amines) is 1. The number of carbonyl (C=O) groups excluding carboxylic acids is 2. The maximum Gasteiger partial charge on any atom is 0.228 e. The van der Waals surface area contributed by atoms with Crippen molar-refractivity contribution in [2.24, 2.45) is 11.7 Å². The van der Waals surface area contributed by atoms with E-state index in [9.17, 15) is 9.59 Å². The van der Waals surface area contributed by atoms with Crippen molar-refractivity contribution < 1.29 is 14.1 Å². The molecule has 1 aliphatic heterocycles. The molecule has 122 valence electrons. The molecular weight excluding hydrogens is 294 g/mol. The zero-order valence-corrected chi connectivity index (χ0v) is 13.5. The van der Waals surface area contributed by atoms with Crippen molar-refractivity contribution in [3.63, 3.8) is 0 Å². The maximum absolute atomic E-state index is 12.5. The number of aromatic nitrogens is 1. The third-order valence-electron chi connectivity index (χ3n) is 4.55. The Labute approximate surface area is 134 Å². The van der Waals surface area contributed by atoms with Crippen molar-refractivity contribution in [3.8, 4) is 0 Å². The largest absolute Gasteiger partial charge is 0.369 e. The average molecular weight is 315 g/mol. The van der Waals surface area contributed by atoms with Crippen molar-refractivity contribution in [1.29, 1.82) is 0 Å². The molecule has 0 spiro atoms. The van der Waals surface area contributed by atoms with Gasteiger partial charge in [0, 0.05) is 24.4 Å². The first-order chi connectivity index (χ1) is 11.0. The summed E-state index contributed by atoms with van der Waals surface area (Å²) in [6.45, 7) is 5.13. The van der Waals surface area contributed by atoms with E-state index in [1.165, 1.54) is 0 Å². The van der Waals surface area contributed by atoms with Crippen LogP contribution in [0.15, 0.2) is 16.7 Å². The number of amides is 2. The molecule has 0 radical (unpaired) electrons. The minimum atomic E-state index is -0.273. The Morgan fingerprint density at radius 2 is 2.00 bits per heavy atom. The van der Waals surface area contributed by atoms with E-state index in [2.05, 4.69) is 5.16 Å². The van der Waals surface area contributed by atoms with Gasteiger partial charge in [-0.15, -0.1) is 0 Å². The molecule has 6 heteroatoms. The van der Waals surface area contributed by atoms with Crippen LogP contribution >= 0.6 is 0 Å². The van der Waals surface area contributed by atoms with Gasteiger partial charge in [0.2, 0.25) is 11.8 Å². The van der Waals surface area contributed by atoms with Gasteiger partial charge >= 0.3 is 0 Å². The number of hydrogen-bond donors (Lipinski definition) is 1. The van der Waals surface area contributed by atoms with Crippen LogP contribution in [0, 0.1) is 19.8 Å². The molecule has 2 aromatic rings. The van der Waals surface area contributed by atoms with Crippen molar-refractivity contribution in [1.82, 2.24) is 10.1 Å². The van der Waals surface area contributed by atoms with Gasteiger partial charge in [0.15, 0.2) is 5.58 Å². The molecule has 0 atom stereocenters. The topological polar surface area (TPSA) is 89.4 Å². The van der Waals surface area contributed by atoms with Crippen molar-refractivity contribution in [3.05, 3.63) is 29.0 Å². The quantitative estimate of drug-likeness (QED) is 0.933. The van der Waals surface area contributed by atoms with E-state index in [1.54, 1.807) is 4.90 Å². The summed E-state index contributed by atoms with van der Waals surface area (Å²) < 4.78 is 5.39. The molecule has 2 amide bonds. The minimum absolute atomic E-state index is 0.0160. The monoisotopic (exact) mass is 315 g/mol. The summed E-state index contributed by atoms with van der Waals surface area (Å²) in [5, 5.41) is 4.98. The number of rotatable bonds is 3. The lowest BCUT2D eigenvalue weighted by atomic mass is 9.96. The summed E-state index contributed by atoms with van der Waals surface area (Å²) in [7, 11) is 0. The number of piperidine rings is 1. The van der Waals surface area contributed by atoms with Gasteiger partial charge in [-0.1, -0.05) is 11.2 Å². The number of primary amides is 1. The first-order valence-electron chi connectivity index (χ1n) is 7.88. The molecule has 23 heavy (non-hydrogen) atoms. The van der Waals surface area contributed by atoms with Gasteiger partial charge in [-0.3, -0.25) is 9.59 Å². The molecule has 3 rings (SSSR count). The Bertz CT molecular complexity index is 758. The van der Waals surface area contributed by atoms with Crippen LogP contribution in [0.1, 0.15) is 29.7 Å². The zero-order valence-electron chi connectivity index (χ0n) is 13.5. The predicted octanol–water partition coefficient (Wildman–Crippen LogP) is 1.71. The van der Waals surface area contributed by atoms with Crippen LogP contribution in [-0.4, -0.2) is 35.0 Å². The number of hydrogen-bond acceptors (Lipinski definition) is 4. The number of carbonyl (C=O) groups is 2. The summed E-state index contributed by atoms with van der Waals surface area (Å²) >= 11 is 0. The fourth-order valence-electron chi connectivity index (χ4n) is 3.24. The fraction of sp³-hybridized carbons (Fsp3) is 0.471. The molecule has 0 unspecified atom stereocenters. The standard InChI is InChI=1S/C17H21N3O3/c1-10-7-11(2)16-13(8-10)14(19-23-16)9-15(21)20-5-3-12(4-6-20)17(18)22/h7-8,12H,3-6,9H2,1-2H3,(H2,18,22).